The lowest BCUT2D eigenvalue weighted by Gasteiger charge is -2.25. The summed E-state index contributed by atoms with van der Waals surface area (Å²) in [6.45, 7) is 2.25. The van der Waals surface area contributed by atoms with Crippen LogP contribution >= 0.6 is 11.6 Å². The Morgan fingerprint density at radius 1 is 1.07 bits per heavy atom. The molecule has 1 N–H and O–H groups in total. The number of hydrogen-bond donors (Lipinski definition) is 1. The minimum Gasteiger partial charge on any atom is -0.378 e. The summed E-state index contributed by atoms with van der Waals surface area (Å²) < 4.78 is 32.6. The Bertz CT molecular complexity index is 936. The minimum atomic E-state index is -3.75. The number of nitrogens with zero attached hydrogens (tertiary/aromatic N) is 1. The number of hydrogen-bond acceptors (Lipinski definition) is 4. The average Bonchev–Trinajstić information content (AvgIpc) is 2.69. The second-order valence-corrected chi connectivity index (χ2v) is 8.01. The van der Waals surface area contributed by atoms with Gasteiger partial charge in [-0.1, -0.05) is 35.9 Å². The highest BCUT2D eigenvalue weighted by molar-refractivity contribution is 7.92. The predicted octanol–water partition coefficient (Wildman–Crippen LogP) is 3.01. The van der Waals surface area contributed by atoms with Crippen molar-refractivity contribution in [2.24, 2.45) is 0 Å². The molecule has 142 valence electrons. The number of ether oxygens (including phenoxy) is 1. The Morgan fingerprint density at radius 3 is 2.41 bits per heavy atom. The van der Waals surface area contributed by atoms with Gasteiger partial charge in [-0.15, -0.1) is 0 Å². The largest absolute Gasteiger partial charge is 0.378 e. The molecule has 0 atom stereocenters. The Kier molecular flexibility index (Phi) is 6.15. The molecule has 1 fully saturated rings. The zero-order valence-corrected chi connectivity index (χ0v) is 16.0. The van der Waals surface area contributed by atoms with E-state index in [1.165, 1.54) is 18.2 Å². The van der Waals surface area contributed by atoms with Crippen LogP contribution in [0.15, 0.2) is 59.5 Å². The Balaban J connectivity index is 1.68. The molecule has 6 nitrogen and oxygen atoms in total. The number of para-hydroxylation sites is 1. The summed E-state index contributed by atoms with van der Waals surface area (Å²) in [6, 6.07) is 12.9. The van der Waals surface area contributed by atoms with Crippen molar-refractivity contribution in [3.05, 3.63) is 65.2 Å². The van der Waals surface area contributed by atoms with Gasteiger partial charge in [0.15, 0.2) is 0 Å². The fourth-order valence-electron chi connectivity index (χ4n) is 2.56. The molecule has 0 radical (unpaired) electrons. The normalized spacial score (nSPS) is 15.1. The van der Waals surface area contributed by atoms with Gasteiger partial charge < -0.3 is 9.64 Å². The molecule has 8 heteroatoms. The van der Waals surface area contributed by atoms with E-state index in [2.05, 4.69) is 4.72 Å². The first-order chi connectivity index (χ1) is 13.0. The molecular formula is C19H19ClN2O4S. The van der Waals surface area contributed by atoms with Crippen LogP contribution in [0, 0.1) is 0 Å². The molecule has 27 heavy (non-hydrogen) atoms. The molecule has 0 unspecified atom stereocenters. The monoisotopic (exact) mass is 406 g/mol. The van der Waals surface area contributed by atoms with Crippen LogP contribution < -0.4 is 4.72 Å². The van der Waals surface area contributed by atoms with E-state index < -0.39 is 10.0 Å². The van der Waals surface area contributed by atoms with Gasteiger partial charge >= 0.3 is 0 Å². The van der Waals surface area contributed by atoms with Crippen LogP contribution in [0.4, 0.5) is 5.69 Å². The van der Waals surface area contributed by atoms with Crippen LogP contribution in [0.5, 0.6) is 0 Å². The van der Waals surface area contributed by atoms with Crippen molar-refractivity contribution in [1.29, 1.82) is 0 Å². The van der Waals surface area contributed by atoms with Crippen molar-refractivity contribution in [2.45, 2.75) is 4.90 Å². The molecule has 0 aliphatic carbocycles. The molecule has 0 bridgehead atoms. The molecule has 2 aromatic rings. The van der Waals surface area contributed by atoms with E-state index in [1.807, 2.05) is 0 Å². The van der Waals surface area contributed by atoms with Gasteiger partial charge in [-0.2, -0.15) is 0 Å². The molecule has 1 aliphatic rings. The van der Waals surface area contributed by atoms with Gasteiger partial charge in [0.25, 0.3) is 10.0 Å². The van der Waals surface area contributed by atoms with Crippen LogP contribution in [0.25, 0.3) is 6.08 Å². The van der Waals surface area contributed by atoms with Crippen LogP contribution in [-0.4, -0.2) is 45.5 Å². The summed E-state index contributed by atoms with van der Waals surface area (Å²) in [5.41, 5.74) is 1.05. The number of rotatable bonds is 5. The SMILES string of the molecule is O=C(C=Cc1ccc(S(=O)(=O)Nc2ccccc2Cl)cc1)N1CCOCC1. The Labute approximate surface area is 163 Å². The third-order valence-electron chi connectivity index (χ3n) is 4.05. The smallest absolute Gasteiger partial charge is 0.261 e. The van der Waals surface area contributed by atoms with Gasteiger partial charge in [-0.05, 0) is 35.9 Å². The summed E-state index contributed by atoms with van der Waals surface area (Å²) in [5.74, 6) is -0.0876. The summed E-state index contributed by atoms with van der Waals surface area (Å²) in [4.78, 5) is 13.9. The van der Waals surface area contributed by atoms with E-state index in [-0.39, 0.29) is 10.8 Å². The van der Waals surface area contributed by atoms with Crippen LogP contribution in [0.1, 0.15) is 5.56 Å². The quantitative estimate of drug-likeness (QED) is 0.774. The van der Waals surface area contributed by atoms with Crippen molar-refractivity contribution >= 4 is 39.3 Å². The first-order valence-corrected chi connectivity index (χ1v) is 10.2. The number of halogens is 1. The highest BCUT2D eigenvalue weighted by atomic mass is 35.5. The van der Waals surface area contributed by atoms with E-state index in [9.17, 15) is 13.2 Å². The molecule has 1 amide bonds. The van der Waals surface area contributed by atoms with Crippen molar-refractivity contribution in [2.75, 3.05) is 31.0 Å². The van der Waals surface area contributed by atoms with Crippen molar-refractivity contribution < 1.29 is 17.9 Å². The summed E-state index contributed by atoms with van der Waals surface area (Å²) in [7, 11) is -3.75. The van der Waals surface area contributed by atoms with Gasteiger partial charge in [0.05, 0.1) is 28.8 Å². The third kappa shape index (κ3) is 5.09. The van der Waals surface area contributed by atoms with E-state index >= 15 is 0 Å². The van der Waals surface area contributed by atoms with Gasteiger partial charge in [0.1, 0.15) is 0 Å². The van der Waals surface area contributed by atoms with Crippen LogP contribution in [-0.2, 0) is 19.6 Å². The number of carbonyl (C=O) groups is 1. The fourth-order valence-corrected chi connectivity index (χ4v) is 3.88. The molecule has 1 heterocycles. The molecule has 0 aromatic heterocycles. The topological polar surface area (TPSA) is 75.7 Å². The standard InChI is InChI=1S/C19H19ClN2O4S/c20-17-3-1-2-4-18(17)21-27(24,25)16-8-5-15(6-9-16)7-10-19(23)22-11-13-26-14-12-22/h1-10,21H,11-14H2. The Morgan fingerprint density at radius 2 is 1.74 bits per heavy atom. The third-order valence-corrected chi connectivity index (χ3v) is 5.76. The van der Waals surface area contributed by atoms with E-state index in [4.69, 9.17) is 16.3 Å². The number of carbonyl (C=O) groups excluding carboxylic acids is 1. The van der Waals surface area contributed by atoms with Gasteiger partial charge in [-0.25, -0.2) is 8.42 Å². The summed E-state index contributed by atoms with van der Waals surface area (Å²) in [6.07, 6.45) is 3.15. The van der Waals surface area contributed by atoms with Crippen LogP contribution in [0.3, 0.4) is 0 Å². The maximum Gasteiger partial charge on any atom is 0.261 e. The molecular weight excluding hydrogens is 388 g/mol. The van der Waals surface area contributed by atoms with E-state index in [1.54, 1.807) is 47.4 Å². The van der Waals surface area contributed by atoms with Crippen molar-refractivity contribution in [3.8, 4) is 0 Å². The zero-order valence-electron chi connectivity index (χ0n) is 14.5. The number of amides is 1. The maximum atomic E-state index is 12.5. The average molecular weight is 407 g/mol. The second-order valence-electron chi connectivity index (χ2n) is 5.93. The second kappa shape index (κ2) is 8.56. The molecule has 3 rings (SSSR count). The molecule has 0 saturated carbocycles. The van der Waals surface area contributed by atoms with Gasteiger partial charge in [-0.3, -0.25) is 9.52 Å². The molecule has 1 saturated heterocycles. The van der Waals surface area contributed by atoms with Crippen molar-refractivity contribution in [3.63, 3.8) is 0 Å². The lowest BCUT2D eigenvalue weighted by Crippen LogP contribution is -2.39. The predicted molar refractivity (Wildman–Crippen MR) is 105 cm³/mol. The fraction of sp³-hybridized carbons (Fsp3) is 0.211. The van der Waals surface area contributed by atoms with E-state index in [0.717, 1.165) is 5.56 Å². The zero-order chi connectivity index (χ0) is 19.3. The Hall–Kier alpha value is -2.35. The first-order valence-electron chi connectivity index (χ1n) is 8.38. The molecule has 1 aliphatic heterocycles. The number of morpholine rings is 1. The number of anilines is 1. The molecule has 0 spiro atoms. The number of nitrogens with one attached hydrogen (secondary N) is 1. The number of benzene rings is 2. The van der Waals surface area contributed by atoms with Gasteiger partial charge in [0.2, 0.25) is 5.91 Å². The maximum absolute atomic E-state index is 12.5. The van der Waals surface area contributed by atoms with Gasteiger partial charge in [0, 0.05) is 19.2 Å². The van der Waals surface area contributed by atoms with Crippen LogP contribution in [0.2, 0.25) is 5.02 Å². The van der Waals surface area contributed by atoms with E-state index in [0.29, 0.717) is 37.0 Å². The number of sulfonamides is 1. The summed E-state index contributed by atoms with van der Waals surface area (Å²) in [5, 5.41) is 0.322. The highest BCUT2D eigenvalue weighted by Crippen LogP contribution is 2.24. The lowest BCUT2D eigenvalue weighted by atomic mass is 10.2. The minimum absolute atomic E-state index is 0.0876. The first kappa shape index (κ1) is 19.4. The lowest BCUT2D eigenvalue weighted by molar-refractivity contribution is -0.129. The van der Waals surface area contributed by atoms with Crippen molar-refractivity contribution in [1.82, 2.24) is 4.90 Å². The highest BCUT2D eigenvalue weighted by Gasteiger charge is 2.16. The molecule has 2 aromatic carbocycles. The summed E-state index contributed by atoms with van der Waals surface area (Å²) >= 11 is 6.00.